The van der Waals surface area contributed by atoms with Crippen LogP contribution < -0.4 is 10.2 Å². The number of carbonyl (C=O) groups excluding carboxylic acids is 1. The van der Waals surface area contributed by atoms with Gasteiger partial charge in [0.15, 0.2) is 0 Å². The molecule has 0 amide bonds. The van der Waals surface area contributed by atoms with Gasteiger partial charge in [-0.1, -0.05) is 37.3 Å². The SMILES string of the molecule is CCC(C)(C)OC(=O)c1ccc(N2CCN(C)CC2)cc1NCc1ccccc1. The van der Waals surface area contributed by atoms with Crippen LogP contribution in [0, 0.1) is 0 Å². The van der Waals surface area contributed by atoms with Crippen LogP contribution >= 0.6 is 0 Å². The third kappa shape index (κ3) is 5.73. The molecule has 5 nitrogen and oxygen atoms in total. The highest BCUT2D eigenvalue weighted by atomic mass is 16.6. The first-order chi connectivity index (χ1) is 13.9. The Hall–Kier alpha value is -2.53. The Labute approximate surface area is 174 Å². The van der Waals surface area contributed by atoms with E-state index in [-0.39, 0.29) is 5.97 Å². The summed E-state index contributed by atoms with van der Waals surface area (Å²) in [6.45, 7) is 10.6. The predicted molar refractivity (Wildman–Crippen MR) is 120 cm³/mol. The summed E-state index contributed by atoms with van der Waals surface area (Å²) in [6, 6.07) is 16.2. The third-order valence-electron chi connectivity index (χ3n) is 5.64. The van der Waals surface area contributed by atoms with E-state index in [1.807, 2.05) is 51.1 Å². The van der Waals surface area contributed by atoms with E-state index in [0.29, 0.717) is 12.1 Å². The number of ether oxygens (including phenoxy) is 1. The lowest BCUT2D eigenvalue weighted by molar-refractivity contribution is -0.00232. The summed E-state index contributed by atoms with van der Waals surface area (Å²) < 4.78 is 5.77. The van der Waals surface area contributed by atoms with Crippen LogP contribution in [0.1, 0.15) is 43.1 Å². The molecule has 29 heavy (non-hydrogen) atoms. The topological polar surface area (TPSA) is 44.8 Å². The van der Waals surface area contributed by atoms with Crippen molar-refractivity contribution in [3.8, 4) is 0 Å². The average Bonchev–Trinajstić information content (AvgIpc) is 2.73. The van der Waals surface area contributed by atoms with Crippen molar-refractivity contribution in [1.29, 1.82) is 0 Å². The minimum Gasteiger partial charge on any atom is -0.456 e. The van der Waals surface area contributed by atoms with E-state index < -0.39 is 5.60 Å². The molecular formula is C24H33N3O2. The summed E-state index contributed by atoms with van der Waals surface area (Å²) in [7, 11) is 2.15. The van der Waals surface area contributed by atoms with Gasteiger partial charge in [-0.05, 0) is 51.1 Å². The minimum absolute atomic E-state index is 0.280. The predicted octanol–water partition coefficient (Wildman–Crippen LogP) is 4.40. The number of nitrogens with one attached hydrogen (secondary N) is 1. The molecule has 0 aromatic heterocycles. The first-order valence-electron chi connectivity index (χ1n) is 10.5. The second-order valence-corrected chi connectivity index (χ2v) is 8.36. The maximum Gasteiger partial charge on any atom is 0.340 e. The standard InChI is InChI=1S/C24H33N3O2/c1-5-24(2,3)29-23(28)21-12-11-20(27-15-13-26(4)14-16-27)17-22(21)25-18-19-9-7-6-8-10-19/h6-12,17,25H,5,13-16,18H2,1-4H3. The van der Waals surface area contributed by atoms with Gasteiger partial charge in [0.1, 0.15) is 5.60 Å². The van der Waals surface area contributed by atoms with Gasteiger partial charge in [0, 0.05) is 38.4 Å². The van der Waals surface area contributed by atoms with Crippen molar-refractivity contribution in [2.45, 2.75) is 39.3 Å². The van der Waals surface area contributed by atoms with Gasteiger partial charge in [0.05, 0.1) is 11.3 Å². The van der Waals surface area contributed by atoms with Gasteiger partial charge in [-0.3, -0.25) is 0 Å². The van der Waals surface area contributed by atoms with Gasteiger partial charge >= 0.3 is 5.97 Å². The molecule has 1 aliphatic rings. The van der Waals surface area contributed by atoms with Gasteiger partial charge in [0.25, 0.3) is 0 Å². The van der Waals surface area contributed by atoms with Crippen molar-refractivity contribution in [2.24, 2.45) is 0 Å². The number of hydrogen-bond acceptors (Lipinski definition) is 5. The van der Waals surface area contributed by atoms with Gasteiger partial charge in [-0.15, -0.1) is 0 Å². The van der Waals surface area contributed by atoms with Crippen LogP contribution in [-0.2, 0) is 11.3 Å². The number of piperazine rings is 1. The Balaban J connectivity index is 1.84. The van der Waals surface area contributed by atoms with Crippen LogP contribution in [0.15, 0.2) is 48.5 Å². The lowest BCUT2D eigenvalue weighted by atomic mass is 10.1. The third-order valence-corrected chi connectivity index (χ3v) is 5.64. The number of carbonyl (C=O) groups is 1. The Morgan fingerprint density at radius 2 is 1.76 bits per heavy atom. The molecule has 0 unspecified atom stereocenters. The molecule has 5 heteroatoms. The number of anilines is 2. The molecule has 0 spiro atoms. The number of benzene rings is 2. The zero-order valence-electron chi connectivity index (χ0n) is 18.1. The molecule has 1 aliphatic heterocycles. The molecule has 1 N–H and O–H groups in total. The fourth-order valence-electron chi connectivity index (χ4n) is 3.29. The first kappa shape index (κ1) is 21.2. The van der Waals surface area contributed by atoms with Crippen molar-refractivity contribution >= 4 is 17.3 Å². The fourth-order valence-corrected chi connectivity index (χ4v) is 3.29. The number of rotatable bonds is 7. The second kappa shape index (κ2) is 9.31. The monoisotopic (exact) mass is 395 g/mol. The van der Waals surface area contributed by atoms with E-state index in [1.54, 1.807) is 0 Å². The van der Waals surface area contributed by atoms with Crippen molar-refractivity contribution in [2.75, 3.05) is 43.4 Å². The lowest BCUT2D eigenvalue weighted by Gasteiger charge is -2.34. The summed E-state index contributed by atoms with van der Waals surface area (Å²) in [5, 5.41) is 3.46. The molecule has 1 saturated heterocycles. The highest BCUT2D eigenvalue weighted by Crippen LogP contribution is 2.28. The summed E-state index contributed by atoms with van der Waals surface area (Å²) in [6.07, 6.45) is 0.769. The van der Waals surface area contributed by atoms with E-state index in [4.69, 9.17) is 4.74 Å². The molecule has 0 saturated carbocycles. The maximum atomic E-state index is 12.9. The summed E-state index contributed by atoms with van der Waals surface area (Å²) in [4.78, 5) is 17.6. The molecule has 0 atom stereocenters. The van der Waals surface area contributed by atoms with Gasteiger partial charge < -0.3 is 19.9 Å². The van der Waals surface area contributed by atoms with Crippen LogP contribution in [0.25, 0.3) is 0 Å². The van der Waals surface area contributed by atoms with Crippen LogP contribution in [-0.4, -0.2) is 49.7 Å². The van der Waals surface area contributed by atoms with E-state index in [2.05, 4.69) is 40.4 Å². The molecule has 0 bridgehead atoms. The molecular weight excluding hydrogens is 362 g/mol. The van der Waals surface area contributed by atoms with E-state index in [1.165, 1.54) is 5.56 Å². The van der Waals surface area contributed by atoms with Gasteiger partial charge in [-0.2, -0.15) is 0 Å². The first-order valence-corrected chi connectivity index (χ1v) is 10.5. The van der Waals surface area contributed by atoms with Crippen molar-refractivity contribution in [3.63, 3.8) is 0 Å². The highest BCUT2D eigenvalue weighted by Gasteiger charge is 2.24. The zero-order valence-corrected chi connectivity index (χ0v) is 18.1. The van der Waals surface area contributed by atoms with Crippen molar-refractivity contribution < 1.29 is 9.53 Å². The minimum atomic E-state index is -0.482. The Bertz CT molecular complexity index is 812. The summed E-state index contributed by atoms with van der Waals surface area (Å²) >= 11 is 0. The van der Waals surface area contributed by atoms with E-state index in [9.17, 15) is 4.79 Å². The van der Waals surface area contributed by atoms with Crippen LogP contribution in [0.4, 0.5) is 11.4 Å². The number of hydrogen-bond donors (Lipinski definition) is 1. The maximum absolute atomic E-state index is 12.9. The highest BCUT2D eigenvalue weighted by molar-refractivity contribution is 5.96. The Morgan fingerprint density at radius 1 is 1.07 bits per heavy atom. The lowest BCUT2D eigenvalue weighted by Crippen LogP contribution is -2.44. The molecule has 3 rings (SSSR count). The molecule has 156 valence electrons. The molecule has 1 heterocycles. The largest absolute Gasteiger partial charge is 0.456 e. The summed E-state index contributed by atoms with van der Waals surface area (Å²) in [5.74, 6) is -0.280. The zero-order chi connectivity index (χ0) is 20.9. The second-order valence-electron chi connectivity index (χ2n) is 8.36. The smallest absolute Gasteiger partial charge is 0.340 e. The molecule has 0 aliphatic carbocycles. The quantitative estimate of drug-likeness (QED) is 0.704. The van der Waals surface area contributed by atoms with Gasteiger partial charge in [0.2, 0.25) is 0 Å². The van der Waals surface area contributed by atoms with Crippen molar-refractivity contribution in [3.05, 3.63) is 59.7 Å². The average molecular weight is 396 g/mol. The van der Waals surface area contributed by atoms with Crippen LogP contribution in [0.2, 0.25) is 0 Å². The molecule has 2 aromatic rings. The molecule has 2 aromatic carbocycles. The Morgan fingerprint density at radius 3 is 2.41 bits per heavy atom. The van der Waals surface area contributed by atoms with Crippen LogP contribution in [0.5, 0.6) is 0 Å². The summed E-state index contributed by atoms with van der Waals surface area (Å²) in [5.41, 5.74) is 3.23. The van der Waals surface area contributed by atoms with E-state index >= 15 is 0 Å². The van der Waals surface area contributed by atoms with Gasteiger partial charge in [-0.25, -0.2) is 4.79 Å². The number of likely N-dealkylation sites (N-methyl/N-ethyl adjacent to an activating group) is 1. The fraction of sp³-hybridized carbons (Fsp3) is 0.458. The number of nitrogens with zero attached hydrogens (tertiary/aromatic N) is 2. The number of esters is 1. The molecule has 0 radical (unpaired) electrons. The Kier molecular flexibility index (Phi) is 6.80. The van der Waals surface area contributed by atoms with E-state index in [0.717, 1.165) is 44.0 Å². The van der Waals surface area contributed by atoms with Crippen LogP contribution in [0.3, 0.4) is 0 Å². The molecule has 1 fully saturated rings. The van der Waals surface area contributed by atoms with Crippen molar-refractivity contribution in [1.82, 2.24) is 4.90 Å². The normalized spacial score (nSPS) is 15.2.